The summed E-state index contributed by atoms with van der Waals surface area (Å²) in [5.74, 6) is -0.0840. The zero-order valence-electron chi connectivity index (χ0n) is 12.7. The van der Waals surface area contributed by atoms with E-state index in [1.54, 1.807) is 36.5 Å². The second-order valence-electron chi connectivity index (χ2n) is 4.91. The van der Waals surface area contributed by atoms with Gasteiger partial charge in [0.25, 0.3) is 5.69 Å². The van der Waals surface area contributed by atoms with Crippen LogP contribution in [-0.2, 0) is 0 Å². The number of H-pyrrole nitrogens is 1. The van der Waals surface area contributed by atoms with Crippen LogP contribution in [0.1, 0.15) is 5.56 Å². The second-order valence-corrected chi connectivity index (χ2v) is 4.91. The Kier molecular flexibility index (Phi) is 4.38. The molecule has 1 N–H and O–H groups in total. The van der Waals surface area contributed by atoms with Crippen molar-refractivity contribution in [3.8, 4) is 5.75 Å². The number of aromatic nitrogens is 1. The molecule has 0 unspecified atom stereocenters. The van der Waals surface area contributed by atoms with E-state index in [0.717, 1.165) is 0 Å². The van der Waals surface area contributed by atoms with Gasteiger partial charge < -0.3 is 9.15 Å². The first-order valence-electron chi connectivity index (χ1n) is 7.08. The molecule has 0 fully saturated rings. The van der Waals surface area contributed by atoms with Crippen molar-refractivity contribution in [1.82, 2.24) is 4.98 Å². The van der Waals surface area contributed by atoms with E-state index in [2.05, 4.69) is 14.4 Å². The van der Waals surface area contributed by atoms with Crippen molar-refractivity contribution in [2.75, 3.05) is 6.73 Å². The number of nitro groups is 1. The summed E-state index contributed by atoms with van der Waals surface area (Å²) in [5.41, 5.74) is 0.601. The van der Waals surface area contributed by atoms with Crippen LogP contribution in [0.2, 0.25) is 0 Å². The monoisotopic (exact) mass is 341 g/mol. The van der Waals surface area contributed by atoms with Gasteiger partial charge in [-0.2, -0.15) is 0 Å². The first-order chi connectivity index (χ1) is 12.0. The van der Waals surface area contributed by atoms with Crippen LogP contribution in [0.15, 0.2) is 61.5 Å². The fourth-order valence-corrected chi connectivity index (χ4v) is 2.17. The molecule has 126 valence electrons. The smallest absolute Gasteiger partial charge is 0.419 e. The summed E-state index contributed by atoms with van der Waals surface area (Å²) in [4.78, 5) is 37.9. The molecule has 0 atom stereocenters. The van der Waals surface area contributed by atoms with Gasteiger partial charge in [-0.25, -0.2) is 9.59 Å². The van der Waals surface area contributed by atoms with Crippen LogP contribution in [0.25, 0.3) is 10.9 Å². The van der Waals surface area contributed by atoms with E-state index >= 15 is 0 Å². The largest absolute Gasteiger partial charge is 0.471 e. The molecule has 2 heterocycles. The van der Waals surface area contributed by atoms with E-state index in [-0.39, 0.29) is 12.4 Å². The summed E-state index contributed by atoms with van der Waals surface area (Å²) in [7, 11) is 0. The number of ether oxygens (including phenoxy) is 1. The molecule has 1 aliphatic heterocycles. The zero-order chi connectivity index (χ0) is 17.8. The maximum atomic E-state index is 11.0. The molecule has 1 aromatic heterocycles. The summed E-state index contributed by atoms with van der Waals surface area (Å²) in [6.07, 6.45) is 1.58. The maximum absolute atomic E-state index is 11.0. The normalized spacial score (nSPS) is 11.8. The van der Waals surface area contributed by atoms with Gasteiger partial charge in [0.2, 0.25) is 0 Å². The van der Waals surface area contributed by atoms with Crippen molar-refractivity contribution in [2.45, 2.75) is 0 Å². The number of hydrogen-bond acceptors (Lipinski definition) is 7. The Morgan fingerprint density at radius 2 is 1.96 bits per heavy atom. The Morgan fingerprint density at radius 1 is 1.16 bits per heavy atom. The second kappa shape index (κ2) is 6.79. The van der Waals surface area contributed by atoms with Gasteiger partial charge in [0.05, 0.1) is 15.8 Å². The number of para-hydroxylation sites is 1. The highest BCUT2D eigenvalue weighted by atomic mass is 16.6. The fraction of sp³-hybridized carbons (Fsp3) is 0.0625. The molecule has 0 saturated heterocycles. The number of aromatic amines is 1. The van der Waals surface area contributed by atoms with E-state index in [0.29, 0.717) is 22.2 Å². The molecule has 2 aromatic carbocycles. The molecule has 0 aliphatic carbocycles. The Balaban J connectivity index is 0.000000146. The standard InChI is InChI=1S/C8H6N2O3.C8H5NO3/c11-10(12)7-1-2-8-6(3-7)4-9-5-13-8;10-7-5-3-1-2-4-6(5)9-8(11)12-7/h1-4H,5H2;1-4H,(H,9,11). The summed E-state index contributed by atoms with van der Waals surface area (Å²) >= 11 is 0. The van der Waals surface area contributed by atoms with E-state index in [4.69, 9.17) is 4.74 Å². The number of nitro benzene ring substituents is 1. The van der Waals surface area contributed by atoms with Crippen LogP contribution >= 0.6 is 0 Å². The molecule has 4 rings (SSSR count). The first-order valence-corrected chi connectivity index (χ1v) is 7.08. The van der Waals surface area contributed by atoms with E-state index < -0.39 is 16.3 Å². The number of aliphatic imine (C=N–C) groups is 1. The lowest BCUT2D eigenvalue weighted by Crippen LogP contribution is -2.13. The van der Waals surface area contributed by atoms with Crippen molar-refractivity contribution in [3.63, 3.8) is 0 Å². The third kappa shape index (κ3) is 3.61. The molecule has 0 radical (unpaired) electrons. The molecule has 9 heteroatoms. The van der Waals surface area contributed by atoms with Gasteiger partial charge in [0, 0.05) is 23.9 Å². The van der Waals surface area contributed by atoms with E-state index in [1.807, 2.05) is 0 Å². The Morgan fingerprint density at radius 3 is 2.76 bits per heavy atom. The Hall–Kier alpha value is -3.75. The average Bonchev–Trinajstić information content (AvgIpc) is 2.61. The SMILES string of the molecule is O=[N+]([O-])c1ccc2c(c1)C=NCO2.O=c1[nH]c2ccccc2c(=O)o1. The maximum Gasteiger partial charge on any atom is 0.419 e. The third-order valence-corrected chi connectivity index (χ3v) is 3.30. The van der Waals surface area contributed by atoms with Gasteiger partial charge in [0.1, 0.15) is 5.75 Å². The van der Waals surface area contributed by atoms with Gasteiger partial charge >= 0.3 is 11.4 Å². The van der Waals surface area contributed by atoms with Crippen LogP contribution in [0.5, 0.6) is 5.75 Å². The number of hydrogen-bond donors (Lipinski definition) is 1. The number of nitrogens with one attached hydrogen (secondary N) is 1. The summed E-state index contributed by atoms with van der Waals surface area (Å²) < 4.78 is 9.46. The van der Waals surface area contributed by atoms with Crippen LogP contribution in [0, 0.1) is 10.1 Å². The van der Waals surface area contributed by atoms with E-state index in [9.17, 15) is 19.7 Å². The summed E-state index contributed by atoms with van der Waals surface area (Å²) in [6, 6.07) is 11.1. The number of rotatable bonds is 1. The Bertz CT molecular complexity index is 1080. The minimum Gasteiger partial charge on any atom is -0.471 e. The van der Waals surface area contributed by atoms with Crippen LogP contribution in [-0.4, -0.2) is 22.9 Å². The van der Waals surface area contributed by atoms with Gasteiger partial charge in [0.15, 0.2) is 6.73 Å². The highest BCUT2D eigenvalue weighted by Crippen LogP contribution is 2.24. The number of benzene rings is 2. The third-order valence-electron chi connectivity index (χ3n) is 3.30. The van der Waals surface area contributed by atoms with Crippen molar-refractivity contribution >= 4 is 22.8 Å². The molecular formula is C16H11N3O6. The minimum atomic E-state index is -0.723. The molecule has 25 heavy (non-hydrogen) atoms. The van der Waals surface area contributed by atoms with Gasteiger partial charge in [-0.05, 0) is 18.2 Å². The van der Waals surface area contributed by atoms with E-state index in [1.165, 1.54) is 12.1 Å². The predicted molar refractivity (Wildman–Crippen MR) is 89.3 cm³/mol. The van der Waals surface area contributed by atoms with Crippen molar-refractivity contribution < 1.29 is 14.1 Å². The highest BCUT2D eigenvalue weighted by molar-refractivity contribution is 5.85. The van der Waals surface area contributed by atoms with Crippen molar-refractivity contribution in [2.24, 2.45) is 4.99 Å². The summed E-state index contributed by atoms with van der Waals surface area (Å²) in [5, 5.41) is 10.8. The highest BCUT2D eigenvalue weighted by Gasteiger charge is 2.12. The lowest BCUT2D eigenvalue weighted by Gasteiger charge is -2.10. The minimum absolute atomic E-state index is 0.0516. The lowest BCUT2D eigenvalue weighted by molar-refractivity contribution is -0.384. The molecule has 0 saturated carbocycles. The van der Waals surface area contributed by atoms with Gasteiger partial charge in [-0.3, -0.25) is 20.1 Å². The topological polar surface area (TPSA) is 128 Å². The summed E-state index contributed by atoms with van der Waals surface area (Å²) in [6.45, 7) is 0.283. The van der Waals surface area contributed by atoms with Crippen molar-refractivity contribution in [3.05, 3.63) is 79.1 Å². The molecular weight excluding hydrogens is 330 g/mol. The molecule has 9 nitrogen and oxygen atoms in total. The van der Waals surface area contributed by atoms with Crippen molar-refractivity contribution in [1.29, 1.82) is 0 Å². The predicted octanol–water partition coefficient (Wildman–Crippen LogP) is 1.84. The quantitative estimate of drug-likeness (QED) is 0.531. The molecule has 1 aliphatic rings. The fourth-order valence-electron chi connectivity index (χ4n) is 2.17. The molecule has 3 aromatic rings. The van der Waals surface area contributed by atoms with Crippen LogP contribution < -0.4 is 16.1 Å². The van der Waals surface area contributed by atoms with Crippen LogP contribution in [0.4, 0.5) is 5.69 Å². The lowest BCUT2D eigenvalue weighted by atomic mass is 10.2. The number of non-ortho nitro benzene ring substituents is 1. The number of nitrogens with zero attached hydrogens (tertiary/aromatic N) is 2. The zero-order valence-corrected chi connectivity index (χ0v) is 12.7. The average molecular weight is 341 g/mol. The number of fused-ring (bicyclic) bond motifs is 2. The molecule has 0 amide bonds. The van der Waals surface area contributed by atoms with Crippen LogP contribution in [0.3, 0.4) is 0 Å². The molecule has 0 spiro atoms. The molecule has 0 bridgehead atoms. The first kappa shape index (κ1) is 16.1. The Labute approximate surface area is 139 Å². The van der Waals surface area contributed by atoms with Gasteiger partial charge in [-0.1, -0.05) is 12.1 Å². The van der Waals surface area contributed by atoms with Gasteiger partial charge in [-0.15, -0.1) is 0 Å².